The van der Waals surface area contributed by atoms with Crippen LogP contribution in [0.2, 0.25) is 0 Å². The highest BCUT2D eigenvalue weighted by Crippen LogP contribution is 2.21. The van der Waals surface area contributed by atoms with E-state index in [2.05, 4.69) is 39.0 Å². The largest absolute Gasteiger partial charge is 0.324 e. The second kappa shape index (κ2) is 5.92. The van der Waals surface area contributed by atoms with Crippen LogP contribution in [0.1, 0.15) is 55.3 Å². The zero-order valence-corrected chi connectivity index (χ0v) is 10.2. The first-order chi connectivity index (χ1) is 7.15. The lowest BCUT2D eigenvalue weighted by molar-refractivity contribution is 0.579. The molecule has 0 heterocycles. The fraction of sp³-hybridized carbons (Fsp3) is 0.571. The Balaban J connectivity index is 2.64. The summed E-state index contributed by atoms with van der Waals surface area (Å²) in [5.41, 5.74) is 10.2. The zero-order valence-electron chi connectivity index (χ0n) is 10.2. The van der Waals surface area contributed by atoms with Crippen molar-refractivity contribution in [1.82, 2.24) is 0 Å². The summed E-state index contributed by atoms with van der Waals surface area (Å²) in [5.74, 6) is 0. The summed E-state index contributed by atoms with van der Waals surface area (Å²) in [6, 6.07) is 6.77. The van der Waals surface area contributed by atoms with E-state index in [0.29, 0.717) is 0 Å². The van der Waals surface area contributed by atoms with E-state index in [1.54, 1.807) is 0 Å². The van der Waals surface area contributed by atoms with Gasteiger partial charge in [0.2, 0.25) is 0 Å². The minimum atomic E-state index is 0.219. The summed E-state index contributed by atoms with van der Waals surface area (Å²) in [5, 5.41) is 0. The van der Waals surface area contributed by atoms with Gasteiger partial charge in [0, 0.05) is 6.04 Å². The molecule has 1 heteroatoms. The molecule has 1 nitrogen and oxygen atoms in total. The first-order valence-corrected chi connectivity index (χ1v) is 5.98. The molecule has 1 rings (SSSR count). The van der Waals surface area contributed by atoms with Crippen LogP contribution in [0, 0.1) is 13.8 Å². The fourth-order valence-electron chi connectivity index (χ4n) is 1.93. The lowest BCUT2D eigenvalue weighted by atomic mass is 9.96. The van der Waals surface area contributed by atoms with E-state index in [-0.39, 0.29) is 6.04 Å². The van der Waals surface area contributed by atoms with Gasteiger partial charge < -0.3 is 5.73 Å². The Morgan fingerprint density at radius 3 is 2.60 bits per heavy atom. The number of aryl methyl sites for hydroxylation is 2. The first-order valence-electron chi connectivity index (χ1n) is 5.98. The molecule has 0 fully saturated rings. The molecular formula is C14H23N. The Morgan fingerprint density at radius 1 is 1.20 bits per heavy atom. The lowest BCUT2D eigenvalue weighted by Crippen LogP contribution is -2.11. The van der Waals surface area contributed by atoms with Crippen molar-refractivity contribution < 1.29 is 0 Å². The van der Waals surface area contributed by atoms with Crippen molar-refractivity contribution in [2.45, 2.75) is 52.5 Å². The van der Waals surface area contributed by atoms with Crippen LogP contribution in [0.3, 0.4) is 0 Å². The molecule has 0 saturated carbocycles. The Kier molecular flexibility index (Phi) is 4.83. The van der Waals surface area contributed by atoms with Crippen LogP contribution < -0.4 is 5.73 Å². The third kappa shape index (κ3) is 3.67. The van der Waals surface area contributed by atoms with E-state index in [9.17, 15) is 0 Å². The fourth-order valence-corrected chi connectivity index (χ4v) is 1.93. The van der Waals surface area contributed by atoms with Crippen LogP contribution in [0.15, 0.2) is 18.2 Å². The minimum Gasteiger partial charge on any atom is -0.324 e. The molecule has 0 amide bonds. The summed E-state index contributed by atoms with van der Waals surface area (Å²) < 4.78 is 0. The van der Waals surface area contributed by atoms with E-state index < -0.39 is 0 Å². The van der Waals surface area contributed by atoms with Crippen LogP contribution in [-0.4, -0.2) is 0 Å². The highest BCUT2D eigenvalue weighted by Gasteiger charge is 2.08. The van der Waals surface area contributed by atoms with Crippen molar-refractivity contribution in [2.24, 2.45) is 5.73 Å². The average Bonchev–Trinajstić information content (AvgIpc) is 2.22. The second-order valence-corrected chi connectivity index (χ2v) is 4.46. The third-order valence-corrected chi connectivity index (χ3v) is 2.95. The Hall–Kier alpha value is -0.820. The number of hydrogen-bond donors (Lipinski definition) is 1. The minimum absolute atomic E-state index is 0.219. The summed E-state index contributed by atoms with van der Waals surface area (Å²) >= 11 is 0. The molecule has 0 aromatic heterocycles. The Bertz CT molecular complexity index is 304. The predicted molar refractivity (Wildman–Crippen MR) is 67.0 cm³/mol. The van der Waals surface area contributed by atoms with Gasteiger partial charge in [-0.25, -0.2) is 0 Å². The van der Waals surface area contributed by atoms with Crippen molar-refractivity contribution in [2.75, 3.05) is 0 Å². The van der Waals surface area contributed by atoms with Crippen LogP contribution in [-0.2, 0) is 0 Å². The van der Waals surface area contributed by atoms with E-state index in [4.69, 9.17) is 5.73 Å². The summed E-state index contributed by atoms with van der Waals surface area (Å²) in [4.78, 5) is 0. The van der Waals surface area contributed by atoms with Crippen LogP contribution in [0.5, 0.6) is 0 Å². The summed E-state index contributed by atoms with van der Waals surface area (Å²) in [6.45, 7) is 6.50. The average molecular weight is 205 g/mol. The van der Waals surface area contributed by atoms with Gasteiger partial charge in [-0.05, 0) is 31.4 Å². The number of rotatable bonds is 5. The number of hydrogen-bond acceptors (Lipinski definition) is 1. The second-order valence-electron chi connectivity index (χ2n) is 4.46. The van der Waals surface area contributed by atoms with Crippen LogP contribution in [0.25, 0.3) is 0 Å². The molecule has 1 atom stereocenters. The smallest absolute Gasteiger partial charge is 0.0297 e. The first kappa shape index (κ1) is 12.3. The summed E-state index contributed by atoms with van der Waals surface area (Å²) in [7, 11) is 0. The van der Waals surface area contributed by atoms with Gasteiger partial charge in [0.25, 0.3) is 0 Å². The van der Waals surface area contributed by atoms with Gasteiger partial charge in [-0.3, -0.25) is 0 Å². The van der Waals surface area contributed by atoms with Gasteiger partial charge in [-0.15, -0.1) is 0 Å². The molecule has 0 aliphatic heterocycles. The highest BCUT2D eigenvalue weighted by atomic mass is 14.6. The molecule has 1 aromatic rings. The molecule has 0 aliphatic carbocycles. The topological polar surface area (TPSA) is 26.0 Å². The number of benzene rings is 1. The van der Waals surface area contributed by atoms with Crippen molar-refractivity contribution in [3.8, 4) is 0 Å². The van der Waals surface area contributed by atoms with Crippen molar-refractivity contribution in [1.29, 1.82) is 0 Å². The van der Waals surface area contributed by atoms with Crippen molar-refractivity contribution in [3.63, 3.8) is 0 Å². The Labute approximate surface area is 93.7 Å². The maximum absolute atomic E-state index is 6.21. The van der Waals surface area contributed by atoms with Crippen molar-refractivity contribution in [3.05, 3.63) is 34.9 Å². The van der Waals surface area contributed by atoms with Crippen molar-refractivity contribution >= 4 is 0 Å². The summed E-state index contributed by atoms with van der Waals surface area (Å²) in [6.07, 6.45) is 4.90. The normalized spacial score (nSPS) is 12.8. The monoisotopic (exact) mass is 205 g/mol. The number of nitrogens with two attached hydrogens (primary N) is 1. The Morgan fingerprint density at radius 2 is 1.93 bits per heavy atom. The maximum Gasteiger partial charge on any atom is 0.0297 e. The quantitative estimate of drug-likeness (QED) is 0.725. The molecule has 2 N–H and O–H groups in total. The molecule has 15 heavy (non-hydrogen) atoms. The molecule has 0 bridgehead atoms. The van der Waals surface area contributed by atoms with Gasteiger partial charge in [0.1, 0.15) is 0 Å². The SMILES string of the molecule is CCCCCC(N)c1cc(C)ccc1C. The molecule has 0 saturated heterocycles. The highest BCUT2D eigenvalue weighted by molar-refractivity contribution is 5.32. The van der Waals surface area contributed by atoms with E-state index in [0.717, 1.165) is 6.42 Å². The van der Waals surface area contributed by atoms with E-state index in [1.165, 1.54) is 36.0 Å². The van der Waals surface area contributed by atoms with E-state index >= 15 is 0 Å². The van der Waals surface area contributed by atoms with E-state index in [1.807, 2.05) is 0 Å². The predicted octanol–water partition coefficient (Wildman–Crippen LogP) is 3.88. The maximum atomic E-state index is 6.21. The van der Waals surface area contributed by atoms with Gasteiger partial charge in [-0.1, -0.05) is 49.9 Å². The molecule has 0 radical (unpaired) electrons. The van der Waals surface area contributed by atoms with Gasteiger partial charge in [0.15, 0.2) is 0 Å². The third-order valence-electron chi connectivity index (χ3n) is 2.95. The number of unbranched alkanes of at least 4 members (excludes halogenated alkanes) is 2. The van der Waals surface area contributed by atoms with Gasteiger partial charge >= 0.3 is 0 Å². The van der Waals surface area contributed by atoms with Crippen LogP contribution >= 0.6 is 0 Å². The van der Waals surface area contributed by atoms with Gasteiger partial charge in [-0.2, -0.15) is 0 Å². The molecular weight excluding hydrogens is 182 g/mol. The standard InChI is InChI=1S/C14H23N/c1-4-5-6-7-14(15)13-10-11(2)8-9-12(13)3/h8-10,14H,4-7,15H2,1-3H3. The molecule has 0 aliphatic rings. The molecule has 1 aromatic carbocycles. The lowest BCUT2D eigenvalue weighted by Gasteiger charge is -2.15. The zero-order chi connectivity index (χ0) is 11.3. The van der Waals surface area contributed by atoms with Gasteiger partial charge in [0.05, 0.1) is 0 Å². The van der Waals surface area contributed by atoms with Crippen LogP contribution in [0.4, 0.5) is 0 Å². The molecule has 0 spiro atoms. The molecule has 1 unspecified atom stereocenters. The molecule has 84 valence electrons.